The van der Waals surface area contributed by atoms with Crippen LogP contribution in [0.5, 0.6) is 0 Å². The summed E-state index contributed by atoms with van der Waals surface area (Å²) in [5.74, 6) is -0.210. The van der Waals surface area contributed by atoms with Crippen LogP contribution in [0.15, 0.2) is 0 Å². The summed E-state index contributed by atoms with van der Waals surface area (Å²) < 4.78 is 0. The van der Waals surface area contributed by atoms with Gasteiger partial charge in [0.1, 0.15) is 0 Å². The predicted octanol–water partition coefficient (Wildman–Crippen LogP) is 3.97. The van der Waals surface area contributed by atoms with E-state index in [2.05, 4.69) is 13.8 Å². The van der Waals surface area contributed by atoms with Gasteiger partial charge in [0.05, 0.1) is 0 Å². The molecule has 0 amide bonds. The highest BCUT2D eigenvalue weighted by Gasteiger charge is 2.01. The average molecular weight is 213 g/mol. The number of carbonyl (C=O) groups is 1. The van der Waals surface area contributed by atoms with Crippen molar-refractivity contribution in [1.29, 1.82) is 0 Å². The van der Waals surface area contributed by atoms with Gasteiger partial charge in [-0.2, -0.15) is 0 Å². The van der Waals surface area contributed by atoms with Gasteiger partial charge in [0.2, 0.25) is 0 Å². The van der Waals surface area contributed by atoms with Crippen molar-refractivity contribution in [3.05, 3.63) is 0 Å². The van der Waals surface area contributed by atoms with Crippen LogP contribution in [0.25, 0.3) is 0 Å². The van der Waals surface area contributed by atoms with Gasteiger partial charge in [-0.1, -0.05) is 62.7 Å². The van der Waals surface area contributed by atoms with Gasteiger partial charge in [0.25, 0.3) is 0 Å². The number of halogens is 2. The Morgan fingerprint density at radius 3 is 1.50 bits per heavy atom. The molecule has 1 nitrogen and oxygen atoms in total. The smallest absolute Gasteiger partial charge is 0.165 e. The fourth-order valence-corrected chi connectivity index (χ4v) is 0.500. The van der Waals surface area contributed by atoms with Gasteiger partial charge in [-0.15, -0.1) is 0 Å². The quantitative estimate of drug-likeness (QED) is 0.510. The topological polar surface area (TPSA) is 17.1 Å². The Kier molecular flexibility index (Phi) is 13.8. The van der Waals surface area contributed by atoms with Crippen molar-refractivity contribution in [2.75, 3.05) is 0 Å². The molecule has 0 fully saturated rings. The van der Waals surface area contributed by atoms with Crippen molar-refractivity contribution >= 4 is 29.0 Å². The Balaban J connectivity index is 0. The standard InChI is InChI=1S/C6H14.C3H4Cl2O/c1-3-5-6-4-2;1-2(6)3(4)5/h3-6H2,1-2H3;3H,1H3. The van der Waals surface area contributed by atoms with Crippen LogP contribution in [0.3, 0.4) is 0 Å². The van der Waals surface area contributed by atoms with E-state index in [9.17, 15) is 4.79 Å². The second-order valence-electron chi connectivity index (χ2n) is 2.62. The van der Waals surface area contributed by atoms with E-state index in [-0.39, 0.29) is 5.78 Å². The van der Waals surface area contributed by atoms with Crippen molar-refractivity contribution in [2.24, 2.45) is 0 Å². The zero-order valence-electron chi connectivity index (χ0n) is 8.07. The summed E-state index contributed by atoms with van der Waals surface area (Å²) in [7, 11) is 0. The van der Waals surface area contributed by atoms with Crippen LogP contribution in [0.4, 0.5) is 0 Å². The zero-order chi connectivity index (χ0) is 9.98. The highest BCUT2D eigenvalue weighted by Crippen LogP contribution is 2.00. The normalized spacial score (nSPS) is 9.17. The minimum Gasteiger partial charge on any atom is -0.297 e. The van der Waals surface area contributed by atoms with Crippen molar-refractivity contribution in [3.63, 3.8) is 0 Å². The minimum atomic E-state index is -0.843. The highest BCUT2D eigenvalue weighted by atomic mass is 35.5. The molecule has 0 heterocycles. The maximum atomic E-state index is 9.88. The largest absolute Gasteiger partial charge is 0.297 e. The molecule has 0 saturated carbocycles. The molecule has 0 aromatic rings. The minimum absolute atomic E-state index is 0.210. The summed E-state index contributed by atoms with van der Waals surface area (Å²) >= 11 is 10.1. The first-order chi connectivity index (χ1) is 5.56. The molecule has 0 spiro atoms. The molecule has 12 heavy (non-hydrogen) atoms. The molecule has 0 aliphatic rings. The lowest BCUT2D eigenvalue weighted by Gasteiger charge is -1.86. The fourth-order valence-electron chi connectivity index (χ4n) is 0.500. The number of carbonyl (C=O) groups excluding carboxylic acids is 1. The van der Waals surface area contributed by atoms with Crippen molar-refractivity contribution in [3.8, 4) is 0 Å². The second kappa shape index (κ2) is 11.2. The van der Waals surface area contributed by atoms with E-state index in [0.29, 0.717) is 0 Å². The fraction of sp³-hybridized carbons (Fsp3) is 0.889. The van der Waals surface area contributed by atoms with Gasteiger partial charge in [-0.25, -0.2) is 0 Å². The second-order valence-corrected chi connectivity index (χ2v) is 3.71. The van der Waals surface area contributed by atoms with Gasteiger partial charge in [0.15, 0.2) is 10.6 Å². The number of hydrogen-bond donors (Lipinski definition) is 0. The Hall–Kier alpha value is 0.250. The summed E-state index contributed by atoms with van der Waals surface area (Å²) in [5.41, 5.74) is 0. The summed E-state index contributed by atoms with van der Waals surface area (Å²) in [5, 5.41) is 0. The first-order valence-electron chi connectivity index (χ1n) is 4.34. The number of rotatable bonds is 4. The molecule has 0 radical (unpaired) electrons. The van der Waals surface area contributed by atoms with E-state index in [1.807, 2.05) is 0 Å². The molecular formula is C9H18Cl2O. The van der Waals surface area contributed by atoms with E-state index in [4.69, 9.17) is 23.2 Å². The molecule has 74 valence electrons. The molecular weight excluding hydrogens is 195 g/mol. The van der Waals surface area contributed by atoms with Crippen LogP contribution in [0.2, 0.25) is 0 Å². The van der Waals surface area contributed by atoms with Crippen LogP contribution >= 0.6 is 23.2 Å². The summed E-state index contributed by atoms with van der Waals surface area (Å²) in [6.07, 6.45) is 5.54. The molecule has 3 heteroatoms. The zero-order valence-corrected chi connectivity index (χ0v) is 9.58. The Labute approximate surface area is 85.4 Å². The van der Waals surface area contributed by atoms with Crippen LogP contribution in [0.1, 0.15) is 46.5 Å². The third-order valence-electron chi connectivity index (χ3n) is 1.26. The van der Waals surface area contributed by atoms with Gasteiger partial charge < -0.3 is 0 Å². The Morgan fingerprint density at radius 2 is 1.42 bits per heavy atom. The third-order valence-corrected chi connectivity index (χ3v) is 1.88. The number of alkyl halides is 2. The van der Waals surface area contributed by atoms with Crippen molar-refractivity contribution in [1.82, 2.24) is 0 Å². The number of Topliss-reactive ketones (excluding diaryl/α,β-unsaturated/α-hetero) is 1. The molecule has 0 aromatic carbocycles. The summed E-state index contributed by atoms with van der Waals surface area (Å²) in [4.78, 5) is 9.04. The van der Waals surface area contributed by atoms with Crippen molar-refractivity contribution in [2.45, 2.75) is 51.3 Å². The van der Waals surface area contributed by atoms with E-state index >= 15 is 0 Å². The lowest BCUT2D eigenvalue weighted by Crippen LogP contribution is -1.99. The van der Waals surface area contributed by atoms with Gasteiger partial charge in [-0.3, -0.25) is 4.79 Å². The van der Waals surface area contributed by atoms with E-state index in [1.165, 1.54) is 32.6 Å². The molecule has 0 rings (SSSR count). The molecule has 0 atom stereocenters. The van der Waals surface area contributed by atoms with Crippen LogP contribution in [-0.2, 0) is 4.79 Å². The number of ketones is 1. The monoisotopic (exact) mass is 212 g/mol. The predicted molar refractivity (Wildman–Crippen MR) is 56.0 cm³/mol. The number of hydrogen-bond acceptors (Lipinski definition) is 1. The molecule has 0 unspecified atom stereocenters. The van der Waals surface area contributed by atoms with Gasteiger partial charge in [0, 0.05) is 0 Å². The Bertz CT molecular complexity index is 98.7. The van der Waals surface area contributed by atoms with Crippen LogP contribution in [-0.4, -0.2) is 10.6 Å². The maximum absolute atomic E-state index is 9.88. The lowest BCUT2D eigenvalue weighted by molar-refractivity contribution is -0.115. The molecule has 0 bridgehead atoms. The highest BCUT2D eigenvalue weighted by molar-refractivity contribution is 6.53. The van der Waals surface area contributed by atoms with Crippen LogP contribution < -0.4 is 0 Å². The van der Waals surface area contributed by atoms with E-state index in [0.717, 1.165) is 0 Å². The van der Waals surface area contributed by atoms with Crippen molar-refractivity contribution < 1.29 is 4.79 Å². The van der Waals surface area contributed by atoms with Crippen LogP contribution in [0, 0.1) is 0 Å². The molecule has 0 aliphatic heterocycles. The first-order valence-corrected chi connectivity index (χ1v) is 5.22. The van der Waals surface area contributed by atoms with E-state index < -0.39 is 4.84 Å². The summed E-state index contributed by atoms with van der Waals surface area (Å²) in [6.45, 7) is 5.80. The first kappa shape index (κ1) is 14.8. The maximum Gasteiger partial charge on any atom is 0.165 e. The summed E-state index contributed by atoms with van der Waals surface area (Å²) in [6, 6.07) is 0. The van der Waals surface area contributed by atoms with Gasteiger partial charge >= 0.3 is 0 Å². The average Bonchev–Trinajstić information content (AvgIpc) is 2.02. The Morgan fingerprint density at radius 1 is 1.17 bits per heavy atom. The van der Waals surface area contributed by atoms with E-state index in [1.54, 1.807) is 0 Å². The third kappa shape index (κ3) is 16.7. The number of unbranched alkanes of at least 4 members (excludes halogenated alkanes) is 3. The molecule has 0 N–H and O–H groups in total. The molecule has 0 aliphatic carbocycles. The SMILES string of the molecule is CC(=O)C(Cl)Cl.CCCCCC. The lowest BCUT2D eigenvalue weighted by atomic mass is 10.2. The molecule has 0 aromatic heterocycles. The molecule has 0 saturated heterocycles. The van der Waals surface area contributed by atoms with Gasteiger partial charge in [-0.05, 0) is 6.92 Å².